The number of carbonyl (C=O) groups is 1. The van der Waals surface area contributed by atoms with E-state index in [1.54, 1.807) is 19.1 Å². The topological polar surface area (TPSA) is 83.7 Å². The molecule has 1 N–H and O–H groups in total. The lowest BCUT2D eigenvalue weighted by Gasteiger charge is -2.31. The monoisotopic (exact) mass is 264 g/mol. The van der Waals surface area contributed by atoms with Crippen molar-refractivity contribution in [2.45, 2.75) is 31.8 Å². The standard InChI is InChI=1S/C13H16N2O4/c1-13(12(16)17)6-3-7-14(13)9-10-4-2-5-11(8-10)15(18)19/h2,4-5,8H,3,6-7,9H2,1H3,(H,16,17). The molecule has 1 aromatic carbocycles. The van der Waals surface area contributed by atoms with E-state index < -0.39 is 16.4 Å². The van der Waals surface area contributed by atoms with Gasteiger partial charge in [0.1, 0.15) is 5.54 Å². The van der Waals surface area contributed by atoms with Gasteiger partial charge < -0.3 is 5.11 Å². The number of carboxylic acid groups (broad SMARTS) is 1. The molecule has 0 bridgehead atoms. The van der Waals surface area contributed by atoms with Gasteiger partial charge in [0.15, 0.2) is 0 Å². The summed E-state index contributed by atoms with van der Waals surface area (Å²) in [5.74, 6) is -0.838. The average molecular weight is 264 g/mol. The van der Waals surface area contributed by atoms with Crippen molar-refractivity contribution < 1.29 is 14.8 Å². The van der Waals surface area contributed by atoms with Crippen LogP contribution in [0.2, 0.25) is 0 Å². The number of nitro benzene ring substituents is 1. The highest BCUT2D eigenvalue weighted by Gasteiger charge is 2.43. The minimum atomic E-state index is -0.870. The van der Waals surface area contributed by atoms with Crippen LogP contribution >= 0.6 is 0 Å². The molecule has 1 fully saturated rings. The molecule has 6 heteroatoms. The fourth-order valence-corrected chi connectivity index (χ4v) is 2.50. The van der Waals surface area contributed by atoms with Crippen molar-refractivity contribution in [2.75, 3.05) is 6.54 Å². The molecule has 6 nitrogen and oxygen atoms in total. The summed E-state index contributed by atoms with van der Waals surface area (Å²) in [5, 5.41) is 20.0. The highest BCUT2D eigenvalue weighted by molar-refractivity contribution is 5.78. The van der Waals surface area contributed by atoms with Gasteiger partial charge in [0.25, 0.3) is 5.69 Å². The van der Waals surface area contributed by atoms with E-state index >= 15 is 0 Å². The van der Waals surface area contributed by atoms with Crippen LogP contribution in [0.1, 0.15) is 25.3 Å². The van der Waals surface area contributed by atoms with Crippen molar-refractivity contribution in [3.8, 4) is 0 Å². The second-order valence-corrected chi connectivity index (χ2v) is 5.03. The summed E-state index contributed by atoms with van der Waals surface area (Å²) >= 11 is 0. The Labute approximate surface area is 110 Å². The quantitative estimate of drug-likeness (QED) is 0.664. The van der Waals surface area contributed by atoms with E-state index in [0.29, 0.717) is 19.5 Å². The van der Waals surface area contributed by atoms with Crippen LogP contribution < -0.4 is 0 Å². The summed E-state index contributed by atoms with van der Waals surface area (Å²) in [6, 6.07) is 6.35. The molecule has 0 saturated carbocycles. The lowest BCUT2D eigenvalue weighted by atomic mass is 9.99. The van der Waals surface area contributed by atoms with Crippen LogP contribution in [-0.4, -0.2) is 33.0 Å². The van der Waals surface area contributed by atoms with Crippen LogP contribution in [0.25, 0.3) is 0 Å². The zero-order valence-corrected chi connectivity index (χ0v) is 10.7. The lowest BCUT2D eigenvalue weighted by molar-refractivity contribution is -0.384. The molecule has 1 aliphatic rings. The van der Waals surface area contributed by atoms with Crippen LogP contribution in [0.4, 0.5) is 5.69 Å². The number of carboxylic acids is 1. The predicted octanol–water partition coefficient (Wildman–Crippen LogP) is 2.03. The Kier molecular flexibility index (Phi) is 3.53. The fourth-order valence-electron chi connectivity index (χ4n) is 2.50. The van der Waals surface area contributed by atoms with Crippen LogP contribution in [0, 0.1) is 10.1 Å². The van der Waals surface area contributed by atoms with Crippen molar-refractivity contribution in [1.29, 1.82) is 0 Å². The Morgan fingerprint density at radius 3 is 2.95 bits per heavy atom. The highest BCUT2D eigenvalue weighted by atomic mass is 16.6. The summed E-state index contributed by atoms with van der Waals surface area (Å²) in [7, 11) is 0. The van der Waals surface area contributed by atoms with Gasteiger partial charge in [0, 0.05) is 18.7 Å². The van der Waals surface area contributed by atoms with E-state index in [9.17, 15) is 20.0 Å². The Bertz CT molecular complexity index is 517. The van der Waals surface area contributed by atoms with Crippen LogP contribution in [0.5, 0.6) is 0 Å². The molecular formula is C13H16N2O4. The molecule has 1 aliphatic heterocycles. The molecule has 1 aromatic rings. The minimum Gasteiger partial charge on any atom is -0.480 e. The molecule has 1 heterocycles. The van der Waals surface area contributed by atoms with E-state index in [4.69, 9.17) is 0 Å². The number of non-ortho nitro benzene ring substituents is 1. The summed E-state index contributed by atoms with van der Waals surface area (Å²) in [6.07, 6.45) is 1.44. The maximum absolute atomic E-state index is 11.3. The molecule has 0 aromatic heterocycles. The molecule has 0 aliphatic carbocycles. The van der Waals surface area contributed by atoms with E-state index in [2.05, 4.69) is 0 Å². The van der Waals surface area contributed by atoms with Gasteiger partial charge in [-0.15, -0.1) is 0 Å². The molecule has 19 heavy (non-hydrogen) atoms. The smallest absolute Gasteiger partial charge is 0.323 e. The Morgan fingerprint density at radius 1 is 1.58 bits per heavy atom. The van der Waals surface area contributed by atoms with Gasteiger partial charge in [0.2, 0.25) is 0 Å². The SMILES string of the molecule is CC1(C(=O)O)CCCN1Cc1cccc([N+](=O)[O-])c1. The number of hydrogen-bond acceptors (Lipinski definition) is 4. The van der Waals surface area contributed by atoms with E-state index in [1.807, 2.05) is 4.90 Å². The fraction of sp³-hybridized carbons (Fsp3) is 0.462. The van der Waals surface area contributed by atoms with Gasteiger partial charge in [-0.3, -0.25) is 19.8 Å². The third-order valence-corrected chi connectivity index (χ3v) is 3.75. The van der Waals surface area contributed by atoms with Crippen molar-refractivity contribution in [3.63, 3.8) is 0 Å². The van der Waals surface area contributed by atoms with Gasteiger partial charge in [-0.25, -0.2) is 0 Å². The number of nitro groups is 1. The van der Waals surface area contributed by atoms with Crippen molar-refractivity contribution in [1.82, 2.24) is 4.90 Å². The normalized spacial score (nSPS) is 23.4. The van der Waals surface area contributed by atoms with E-state index in [0.717, 1.165) is 12.0 Å². The molecular weight excluding hydrogens is 248 g/mol. The average Bonchev–Trinajstić information content (AvgIpc) is 2.73. The molecule has 0 spiro atoms. The molecule has 0 radical (unpaired) electrons. The molecule has 1 saturated heterocycles. The van der Waals surface area contributed by atoms with Crippen molar-refractivity contribution >= 4 is 11.7 Å². The first kappa shape index (κ1) is 13.5. The zero-order chi connectivity index (χ0) is 14.0. The molecule has 1 unspecified atom stereocenters. The van der Waals surface area contributed by atoms with Crippen LogP contribution in [-0.2, 0) is 11.3 Å². The van der Waals surface area contributed by atoms with Gasteiger partial charge in [-0.1, -0.05) is 12.1 Å². The van der Waals surface area contributed by atoms with E-state index in [-0.39, 0.29) is 5.69 Å². The number of hydrogen-bond donors (Lipinski definition) is 1. The highest BCUT2D eigenvalue weighted by Crippen LogP contribution is 2.31. The summed E-state index contributed by atoms with van der Waals surface area (Å²) < 4.78 is 0. The number of nitrogens with zero attached hydrogens (tertiary/aromatic N) is 2. The summed E-state index contributed by atoms with van der Waals surface area (Å²) in [5.41, 5.74) is -0.0674. The third-order valence-electron chi connectivity index (χ3n) is 3.75. The molecule has 2 rings (SSSR count). The van der Waals surface area contributed by atoms with Gasteiger partial charge >= 0.3 is 5.97 Å². The molecule has 0 amide bonds. The van der Waals surface area contributed by atoms with Crippen LogP contribution in [0.15, 0.2) is 24.3 Å². The van der Waals surface area contributed by atoms with Crippen LogP contribution in [0.3, 0.4) is 0 Å². The Hall–Kier alpha value is -1.95. The largest absolute Gasteiger partial charge is 0.480 e. The van der Waals surface area contributed by atoms with Gasteiger partial charge in [-0.05, 0) is 31.9 Å². The first-order valence-electron chi connectivity index (χ1n) is 6.15. The number of rotatable bonds is 4. The van der Waals surface area contributed by atoms with E-state index in [1.165, 1.54) is 12.1 Å². The first-order chi connectivity index (χ1) is 8.93. The summed E-state index contributed by atoms with van der Waals surface area (Å²) in [6.45, 7) is 2.83. The lowest BCUT2D eigenvalue weighted by Crippen LogP contribution is -2.47. The Morgan fingerprint density at radius 2 is 2.32 bits per heavy atom. The second-order valence-electron chi connectivity index (χ2n) is 5.03. The second kappa shape index (κ2) is 4.97. The third kappa shape index (κ3) is 2.58. The predicted molar refractivity (Wildman–Crippen MR) is 68.8 cm³/mol. The van der Waals surface area contributed by atoms with Crippen molar-refractivity contribution in [3.05, 3.63) is 39.9 Å². The molecule has 102 valence electrons. The number of likely N-dealkylation sites (tertiary alicyclic amines) is 1. The van der Waals surface area contributed by atoms with Crippen molar-refractivity contribution in [2.24, 2.45) is 0 Å². The van der Waals surface area contributed by atoms with Gasteiger partial charge in [0.05, 0.1) is 4.92 Å². The maximum atomic E-state index is 11.3. The maximum Gasteiger partial charge on any atom is 0.323 e. The number of benzene rings is 1. The first-order valence-corrected chi connectivity index (χ1v) is 6.15. The Balaban J connectivity index is 2.19. The minimum absolute atomic E-state index is 0.0359. The van der Waals surface area contributed by atoms with Gasteiger partial charge in [-0.2, -0.15) is 0 Å². The zero-order valence-electron chi connectivity index (χ0n) is 10.7. The molecule has 1 atom stereocenters. The summed E-state index contributed by atoms with van der Waals surface area (Å²) in [4.78, 5) is 23.5. The number of aliphatic carboxylic acids is 1.